The smallest absolute Gasteiger partial charge is 0.239 e. The first-order chi connectivity index (χ1) is 13.2. The van der Waals surface area contributed by atoms with Crippen molar-refractivity contribution in [2.24, 2.45) is 0 Å². The molecular formula is C20H16N4OS2. The van der Waals surface area contributed by atoms with E-state index in [1.807, 2.05) is 67.6 Å². The first-order valence-electron chi connectivity index (χ1n) is 8.39. The third kappa shape index (κ3) is 4.15. The Bertz CT molecular complexity index is 1050. The number of fused-ring (bicyclic) bond motifs is 1. The highest BCUT2D eigenvalue weighted by molar-refractivity contribution is 8.00. The minimum absolute atomic E-state index is 0.0982. The topological polar surface area (TPSA) is 67.8 Å². The van der Waals surface area contributed by atoms with Crippen LogP contribution in [0.3, 0.4) is 0 Å². The molecule has 0 aliphatic rings. The maximum Gasteiger partial charge on any atom is 0.239 e. The normalized spacial score (nSPS) is 12.0. The SMILES string of the molecule is CC(Sc1cc(-c2ccccc2)ncn1)C(=O)Nc1nc2ccccc2s1. The van der Waals surface area contributed by atoms with Crippen LogP contribution in [0.5, 0.6) is 0 Å². The summed E-state index contributed by atoms with van der Waals surface area (Å²) in [5.74, 6) is -0.0982. The Kier molecular flexibility index (Phi) is 5.13. The summed E-state index contributed by atoms with van der Waals surface area (Å²) in [5.41, 5.74) is 2.75. The molecule has 27 heavy (non-hydrogen) atoms. The van der Waals surface area contributed by atoms with Gasteiger partial charge in [-0.2, -0.15) is 0 Å². The summed E-state index contributed by atoms with van der Waals surface area (Å²) in [6.45, 7) is 1.86. The van der Waals surface area contributed by atoms with E-state index in [1.165, 1.54) is 29.4 Å². The molecule has 1 unspecified atom stereocenters. The van der Waals surface area contributed by atoms with Crippen molar-refractivity contribution in [1.82, 2.24) is 15.0 Å². The summed E-state index contributed by atoms with van der Waals surface area (Å²) in [6, 6.07) is 19.6. The van der Waals surface area contributed by atoms with E-state index in [2.05, 4.69) is 20.3 Å². The number of anilines is 1. The number of carbonyl (C=O) groups excluding carboxylic acids is 1. The van der Waals surface area contributed by atoms with Crippen molar-refractivity contribution in [3.05, 3.63) is 67.0 Å². The predicted octanol–water partition coefficient (Wildman–Crippen LogP) is 4.87. The van der Waals surface area contributed by atoms with Crippen LogP contribution in [0.2, 0.25) is 0 Å². The molecule has 134 valence electrons. The highest BCUT2D eigenvalue weighted by Gasteiger charge is 2.17. The summed E-state index contributed by atoms with van der Waals surface area (Å²) >= 11 is 2.87. The Labute approximate surface area is 164 Å². The lowest BCUT2D eigenvalue weighted by atomic mass is 10.1. The van der Waals surface area contributed by atoms with E-state index in [4.69, 9.17) is 0 Å². The minimum Gasteiger partial charge on any atom is -0.301 e. The van der Waals surface area contributed by atoms with E-state index in [0.29, 0.717) is 5.13 Å². The van der Waals surface area contributed by atoms with Crippen molar-refractivity contribution in [3.8, 4) is 11.3 Å². The number of nitrogens with one attached hydrogen (secondary N) is 1. The van der Waals surface area contributed by atoms with Crippen molar-refractivity contribution >= 4 is 44.4 Å². The summed E-state index contributed by atoms with van der Waals surface area (Å²) in [6.07, 6.45) is 1.53. The van der Waals surface area contributed by atoms with E-state index >= 15 is 0 Å². The van der Waals surface area contributed by atoms with Gasteiger partial charge in [0.15, 0.2) is 5.13 Å². The van der Waals surface area contributed by atoms with Gasteiger partial charge in [0, 0.05) is 5.56 Å². The number of nitrogens with zero attached hydrogens (tertiary/aromatic N) is 3. The lowest BCUT2D eigenvalue weighted by Crippen LogP contribution is -2.22. The second kappa shape index (κ2) is 7.85. The average molecular weight is 393 g/mol. The minimum atomic E-state index is -0.310. The van der Waals surface area contributed by atoms with Crippen LogP contribution >= 0.6 is 23.1 Å². The fourth-order valence-corrected chi connectivity index (χ4v) is 4.22. The third-order valence-electron chi connectivity index (χ3n) is 3.90. The van der Waals surface area contributed by atoms with E-state index in [-0.39, 0.29) is 11.2 Å². The molecule has 2 heterocycles. The van der Waals surface area contributed by atoms with Gasteiger partial charge in [0.05, 0.1) is 21.2 Å². The maximum atomic E-state index is 12.5. The third-order valence-corrected chi connectivity index (χ3v) is 5.89. The molecule has 0 fully saturated rings. The molecule has 2 aromatic carbocycles. The average Bonchev–Trinajstić information content (AvgIpc) is 3.11. The van der Waals surface area contributed by atoms with Crippen molar-refractivity contribution in [2.45, 2.75) is 17.2 Å². The van der Waals surface area contributed by atoms with Gasteiger partial charge >= 0.3 is 0 Å². The Morgan fingerprint density at radius 1 is 1.07 bits per heavy atom. The molecule has 0 saturated carbocycles. The fraction of sp³-hybridized carbons (Fsp3) is 0.100. The summed E-state index contributed by atoms with van der Waals surface area (Å²) in [5, 5.41) is 3.96. The van der Waals surface area contributed by atoms with Crippen molar-refractivity contribution < 1.29 is 4.79 Å². The monoisotopic (exact) mass is 392 g/mol. The second-order valence-corrected chi connectivity index (χ2v) is 8.24. The Morgan fingerprint density at radius 3 is 2.67 bits per heavy atom. The van der Waals surface area contributed by atoms with Crippen molar-refractivity contribution in [1.29, 1.82) is 0 Å². The van der Waals surface area contributed by atoms with Crippen LogP contribution in [0.4, 0.5) is 5.13 Å². The number of thioether (sulfide) groups is 1. The van der Waals surface area contributed by atoms with Gasteiger partial charge in [-0.25, -0.2) is 15.0 Å². The lowest BCUT2D eigenvalue weighted by Gasteiger charge is -2.10. The number of para-hydroxylation sites is 1. The number of benzene rings is 2. The molecule has 1 N–H and O–H groups in total. The van der Waals surface area contributed by atoms with Gasteiger partial charge in [-0.05, 0) is 25.1 Å². The predicted molar refractivity (Wildman–Crippen MR) is 111 cm³/mol. The molecule has 1 atom stereocenters. The van der Waals surface area contributed by atoms with Crippen LogP contribution in [-0.4, -0.2) is 26.1 Å². The number of thiazole rings is 1. The van der Waals surface area contributed by atoms with Gasteiger partial charge in [0.25, 0.3) is 0 Å². The van der Waals surface area contributed by atoms with E-state index in [0.717, 1.165) is 26.5 Å². The van der Waals surface area contributed by atoms with Gasteiger partial charge < -0.3 is 5.32 Å². The summed E-state index contributed by atoms with van der Waals surface area (Å²) in [7, 11) is 0. The molecule has 0 saturated heterocycles. The Hall–Kier alpha value is -2.77. The molecule has 7 heteroatoms. The summed E-state index contributed by atoms with van der Waals surface area (Å²) < 4.78 is 1.05. The van der Waals surface area contributed by atoms with E-state index in [1.54, 1.807) is 0 Å². The van der Waals surface area contributed by atoms with Gasteiger partial charge in [-0.1, -0.05) is 65.6 Å². The highest BCUT2D eigenvalue weighted by atomic mass is 32.2. The van der Waals surface area contributed by atoms with Gasteiger partial charge in [0.1, 0.15) is 11.4 Å². The zero-order valence-electron chi connectivity index (χ0n) is 14.5. The number of aromatic nitrogens is 3. The molecule has 0 spiro atoms. The number of rotatable bonds is 5. The molecule has 0 aliphatic heterocycles. The molecule has 0 aliphatic carbocycles. The molecule has 0 radical (unpaired) electrons. The van der Waals surface area contributed by atoms with Crippen LogP contribution in [0.25, 0.3) is 21.5 Å². The fourth-order valence-electron chi connectivity index (χ4n) is 2.54. The number of amides is 1. The molecule has 5 nitrogen and oxygen atoms in total. The van der Waals surface area contributed by atoms with Crippen LogP contribution < -0.4 is 5.32 Å². The molecule has 2 aromatic heterocycles. The second-order valence-electron chi connectivity index (χ2n) is 5.84. The Morgan fingerprint density at radius 2 is 1.85 bits per heavy atom. The Balaban J connectivity index is 1.45. The quantitative estimate of drug-likeness (QED) is 0.387. The first kappa shape index (κ1) is 17.6. The molecule has 4 aromatic rings. The first-order valence-corrected chi connectivity index (χ1v) is 10.1. The van der Waals surface area contributed by atoms with Crippen LogP contribution in [0.15, 0.2) is 72.0 Å². The van der Waals surface area contributed by atoms with Crippen LogP contribution in [0, 0.1) is 0 Å². The number of hydrogen-bond donors (Lipinski definition) is 1. The molecule has 4 rings (SSSR count). The summed E-state index contributed by atoms with van der Waals surface area (Å²) in [4.78, 5) is 25.6. The van der Waals surface area contributed by atoms with E-state index in [9.17, 15) is 4.79 Å². The zero-order valence-corrected chi connectivity index (χ0v) is 16.1. The molecule has 1 amide bonds. The zero-order chi connectivity index (χ0) is 18.6. The van der Waals surface area contributed by atoms with Gasteiger partial charge in [-0.3, -0.25) is 4.79 Å². The van der Waals surface area contributed by atoms with Crippen molar-refractivity contribution in [2.75, 3.05) is 5.32 Å². The van der Waals surface area contributed by atoms with Crippen LogP contribution in [-0.2, 0) is 4.79 Å². The van der Waals surface area contributed by atoms with Gasteiger partial charge in [0.2, 0.25) is 5.91 Å². The highest BCUT2D eigenvalue weighted by Crippen LogP contribution is 2.28. The molecular weight excluding hydrogens is 376 g/mol. The maximum absolute atomic E-state index is 12.5. The largest absolute Gasteiger partial charge is 0.301 e. The van der Waals surface area contributed by atoms with Crippen molar-refractivity contribution in [3.63, 3.8) is 0 Å². The van der Waals surface area contributed by atoms with E-state index < -0.39 is 0 Å². The lowest BCUT2D eigenvalue weighted by molar-refractivity contribution is -0.115. The van der Waals surface area contributed by atoms with Crippen LogP contribution in [0.1, 0.15) is 6.92 Å². The number of hydrogen-bond acceptors (Lipinski definition) is 6. The molecule has 0 bridgehead atoms. The standard InChI is InChI=1S/C20H16N4OS2/c1-13(19(25)24-20-23-15-9-5-6-10-17(15)27-20)26-18-11-16(21-12-22-18)14-7-3-2-4-8-14/h2-13H,1H3,(H,23,24,25). The van der Waals surface area contributed by atoms with Gasteiger partial charge in [-0.15, -0.1) is 0 Å². The number of carbonyl (C=O) groups is 1.